The van der Waals surface area contributed by atoms with E-state index in [4.69, 9.17) is 4.74 Å². The number of rotatable bonds is 12. The van der Waals surface area contributed by atoms with Crippen LogP contribution in [0.2, 0.25) is 0 Å². The van der Waals surface area contributed by atoms with Gasteiger partial charge in [0.15, 0.2) is 0 Å². The van der Waals surface area contributed by atoms with Gasteiger partial charge in [-0.1, -0.05) is 49.5 Å². The normalized spacial score (nSPS) is 31.2. The van der Waals surface area contributed by atoms with Gasteiger partial charge in [-0.15, -0.1) is 11.8 Å². The number of nitrogens with one attached hydrogen (secondary N) is 2. The number of carbonyl (C=O) groups excluding carboxylic acids is 3. The van der Waals surface area contributed by atoms with E-state index in [1.807, 2.05) is 20.8 Å². The number of fused-ring (bicyclic) bond motifs is 1. The average Bonchev–Trinajstić information content (AvgIpc) is 3.49. The lowest BCUT2D eigenvalue weighted by Crippen LogP contribution is -2.58. The summed E-state index contributed by atoms with van der Waals surface area (Å²) in [5, 5.41) is 16.4. The minimum Gasteiger partial charge on any atom is -0.494 e. The molecular weight excluding hydrogens is 570 g/mol. The number of alkyl halides is 1. The van der Waals surface area contributed by atoms with E-state index in [-0.39, 0.29) is 40.3 Å². The quantitative estimate of drug-likeness (QED) is 0.246. The number of halogens is 1. The zero-order valence-electron chi connectivity index (χ0n) is 22.6. The average molecular weight is 611 g/mol. The van der Waals surface area contributed by atoms with Crippen LogP contribution in [0.5, 0.6) is 5.75 Å². The second-order valence-electron chi connectivity index (χ2n) is 10.6. The molecule has 210 valence electrons. The van der Waals surface area contributed by atoms with Gasteiger partial charge in [-0.25, -0.2) is 0 Å². The fraction of sp³-hybridized carbons (Fsp3) is 0.679. The summed E-state index contributed by atoms with van der Waals surface area (Å²) in [6.07, 6.45) is 3.17. The monoisotopic (exact) mass is 609 g/mol. The molecule has 2 bridgehead atoms. The maximum atomic E-state index is 14.2. The number of likely N-dealkylation sites (tertiary alicyclic amines) is 1. The number of amides is 3. The first-order chi connectivity index (χ1) is 18.2. The lowest BCUT2D eigenvalue weighted by molar-refractivity contribution is -0.143. The van der Waals surface area contributed by atoms with Crippen LogP contribution in [0.4, 0.5) is 5.69 Å². The van der Waals surface area contributed by atoms with E-state index < -0.39 is 28.7 Å². The fourth-order valence-electron chi connectivity index (χ4n) is 6.35. The Kier molecular flexibility index (Phi) is 9.35. The summed E-state index contributed by atoms with van der Waals surface area (Å²) < 4.78 is 4.77. The Morgan fingerprint density at radius 3 is 2.55 bits per heavy atom. The molecule has 1 aromatic carbocycles. The summed E-state index contributed by atoms with van der Waals surface area (Å²) in [7, 11) is 0. The van der Waals surface area contributed by atoms with Crippen molar-refractivity contribution in [2.24, 2.45) is 17.8 Å². The van der Waals surface area contributed by atoms with Crippen LogP contribution in [0.3, 0.4) is 0 Å². The van der Waals surface area contributed by atoms with Gasteiger partial charge in [0, 0.05) is 22.3 Å². The van der Waals surface area contributed by atoms with Gasteiger partial charge in [0.1, 0.15) is 11.8 Å². The van der Waals surface area contributed by atoms with E-state index in [2.05, 4.69) is 33.5 Å². The van der Waals surface area contributed by atoms with Gasteiger partial charge in [0.05, 0.1) is 35.8 Å². The van der Waals surface area contributed by atoms with Crippen molar-refractivity contribution in [3.63, 3.8) is 0 Å². The first-order valence-electron chi connectivity index (χ1n) is 13.8. The van der Waals surface area contributed by atoms with E-state index in [9.17, 15) is 19.5 Å². The molecule has 3 saturated heterocycles. The summed E-state index contributed by atoms with van der Waals surface area (Å²) >= 11 is 5.41. The highest BCUT2D eigenvalue weighted by Gasteiger charge is 2.76. The van der Waals surface area contributed by atoms with Crippen molar-refractivity contribution in [1.82, 2.24) is 10.2 Å². The molecule has 38 heavy (non-hydrogen) atoms. The van der Waals surface area contributed by atoms with E-state index in [0.29, 0.717) is 25.3 Å². The highest BCUT2D eigenvalue weighted by molar-refractivity contribution is 9.09. The topological polar surface area (TPSA) is 108 Å². The van der Waals surface area contributed by atoms with E-state index in [1.54, 1.807) is 40.9 Å². The summed E-state index contributed by atoms with van der Waals surface area (Å²) in [4.78, 5) is 43.4. The molecule has 3 N–H and O–H groups in total. The molecule has 3 amide bonds. The molecule has 10 heteroatoms. The molecule has 0 saturated carbocycles. The Labute approximate surface area is 238 Å². The Hall–Kier alpha value is -1.78. The highest BCUT2D eigenvalue weighted by Crippen LogP contribution is 2.68. The van der Waals surface area contributed by atoms with E-state index in [0.717, 1.165) is 25.0 Å². The molecule has 3 aliphatic rings. The fourth-order valence-corrected chi connectivity index (χ4v) is 9.95. The van der Waals surface area contributed by atoms with Crippen molar-refractivity contribution in [1.29, 1.82) is 0 Å². The van der Waals surface area contributed by atoms with Gasteiger partial charge in [-0.2, -0.15) is 0 Å². The van der Waals surface area contributed by atoms with Crippen LogP contribution >= 0.6 is 27.7 Å². The number of carbonyl (C=O) groups is 3. The molecule has 3 aliphatic heterocycles. The number of aliphatic hydroxyl groups excluding tert-OH is 1. The highest BCUT2D eigenvalue weighted by atomic mass is 79.9. The Bertz CT molecular complexity index is 1030. The van der Waals surface area contributed by atoms with Gasteiger partial charge in [0.2, 0.25) is 17.7 Å². The van der Waals surface area contributed by atoms with Crippen molar-refractivity contribution in [3.05, 3.63) is 24.3 Å². The number of anilines is 1. The van der Waals surface area contributed by atoms with Crippen LogP contribution in [0, 0.1) is 17.8 Å². The van der Waals surface area contributed by atoms with Crippen molar-refractivity contribution in [3.8, 4) is 5.75 Å². The molecule has 1 aromatic rings. The molecule has 0 radical (unpaired) electrons. The Balaban J connectivity index is 1.68. The van der Waals surface area contributed by atoms with Crippen LogP contribution in [-0.2, 0) is 14.4 Å². The van der Waals surface area contributed by atoms with Crippen LogP contribution < -0.4 is 15.4 Å². The largest absolute Gasteiger partial charge is 0.494 e. The smallest absolute Gasteiger partial charge is 0.244 e. The maximum absolute atomic E-state index is 14.2. The van der Waals surface area contributed by atoms with Gasteiger partial charge >= 0.3 is 0 Å². The Morgan fingerprint density at radius 2 is 1.95 bits per heavy atom. The Morgan fingerprint density at radius 1 is 1.24 bits per heavy atom. The molecule has 1 spiro atoms. The van der Waals surface area contributed by atoms with Crippen LogP contribution in [-0.4, -0.2) is 74.4 Å². The molecule has 8 nitrogen and oxygen atoms in total. The number of thioether (sulfide) groups is 1. The number of benzene rings is 1. The van der Waals surface area contributed by atoms with Crippen LogP contribution in [0.25, 0.3) is 0 Å². The van der Waals surface area contributed by atoms with E-state index in [1.165, 1.54) is 0 Å². The zero-order chi connectivity index (χ0) is 27.6. The lowest BCUT2D eigenvalue weighted by Gasteiger charge is -2.39. The molecule has 3 fully saturated rings. The van der Waals surface area contributed by atoms with Crippen molar-refractivity contribution in [2.75, 3.05) is 25.1 Å². The molecule has 0 aromatic heterocycles. The van der Waals surface area contributed by atoms with Crippen LogP contribution in [0.15, 0.2) is 24.3 Å². The number of hydrogen-bond donors (Lipinski definition) is 3. The summed E-state index contributed by atoms with van der Waals surface area (Å²) in [5.41, 5.74) is 0.635. The SMILES string of the molecule is CCCCNC(=O)C1N([C@@H](CO)[C@@H](C)CC)C(=O)[C@@H]2[C@@H](C(=O)Nc3ccc(OCC)cc3)[C@@H]3SC12CC3Br. The molecule has 3 heterocycles. The van der Waals surface area contributed by atoms with Crippen LogP contribution in [0.1, 0.15) is 53.4 Å². The number of aliphatic hydroxyl groups is 1. The first kappa shape index (κ1) is 29.2. The summed E-state index contributed by atoms with van der Waals surface area (Å²) in [6, 6.07) is 5.98. The van der Waals surface area contributed by atoms with E-state index >= 15 is 0 Å². The van der Waals surface area contributed by atoms with Crippen molar-refractivity contribution < 1.29 is 24.2 Å². The summed E-state index contributed by atoms with van der Waals surface area (Å²) in [6.45, 7) is 8.86. The third-order valence-corrected chi connectivity index (χ3v) is 11.6. The zero-order valence-corrected chi connectivity index (χ0v) is 25.0. The van der Waals surface area contributed by atoms with Gasteiger partial charge < -0.3 is 25.4 Å². The van der Waals surface area contributed by atoms with Gasteiger partial charge in [-0.3, -0.25) is 14.4 Å². The lowest BCUT2D eigenvalue weighted by atomic mass is 9.70. The first-order valence-corrected chi connectivity index (χ1v) is 15.6. The number of hydrogen-bond acceptors (Lipinski definition) is 6. The number of ether oxygens (including phenoxy) is 1. The predicted molar refractivity (Wildman–Crippen MR) is 154 cm³/mol. The maximum Gasteiger partial charge on any atom is 0.244 e. The molecule has 3 unspecified atom stereocenters. The molecular formula is C28H40BrN3O5S. The molecule has 0 aliphatic carbocycles. The van der Waals surface area contributed by atoms with Gasteiger partial charge in [0.25, 0.3) is 0 Å². The molecule has 8 atom stereocenters. The third kappa shape index (κ3) is 5.08. The van der Waals surface area contributed by atoms with Gasteiger partial charge in [-0.05, 0) is 49.9 Å². The van der Waals surface area contributed by atoms with Crippen molar-refractivity contribution in [2.45, 2.75) is 80.3 Å². The number of unbranched alkanes of at least 4 members (excludes halogenated alkanes) is 1. The molecule has 4 rings (SSSR count). The standard InChI is InChI=1S/C28H40BrN3O5S/c1-5-8-13-30-26(35)24-28-14-19(29)23(38-28)21(22(28)27(36)32(24)20(15-33)16(4)6-2)25(34)31-17-9-11-18(12-10-17)37-7-3/h9-12,16,19-24,33H,5-8,13-15H2,1-4H3,(H,30,35)(H,31,34)/t16-,19?,20-,21+,22-,23+,24?,28?/m0/s1. The minimum atomic E-state index is -0.735. The second-order valence-corrected chi connectivity index (χ2v) is 13.4. The third-order valence-electron chi connectivity index (χ3n) is 8.39. The number of nitrogens with zero attached hydrogens (tertiary/aromatic N) is 1. The minimum absolute atomic E-state index is 0.00298. The summed E-state index contributed by atoms with van der Waals surface area (Å²) in [5.74, 6) is -1.09. The second kappa shape index (κ2) is 12.2. The van der Waals surface area contributed by atoms with Crippen molar-refractivity contribution >= 4 is 51.1 Å². The predicted octanol–water partition coefficient (Wildman–Crippen LogP) is 3.81.